The average Bonchev–Trinajstić information content (AvgIpc) is 2.21. The topological polar surface area (TPSA) is 52.5 Å². The molecular formula is C10H13ClFNO2. The summed E-state index contributed by atoms with van der Waals surface area (Å²) in [6.45, 7) is 0.174. The average molecular weight is 234 g/mol. The lowest BCUT2D eigenvalue weighted by atomic mass is 10.0. The first-order valence-corrected chi connectivity index (χ1v) is 4.90. The molecule has 0 aliphatic carbocycles. The van der Waals surface area contributed by atoms with Crippen LogP contribution in [0.4, 0.5) is 4.39 Å². The molecule has 3 nitrogen and oxygen atoms in total. The van der Waals surface area contributed by atoms with Crippen LogP contribution in [-0.4, -0.2) is 29.9 Å². The number of rotatable bonds is 4. The minimum absolute atomic E-state index is 0.00486. The van der Waals surface area contributed by atoms with E-state index in [0.29, 0.717) is 0 Å². The van der Waals surface area contributed by atoms with Crippen LogP contribution < -0.4 is 5.32 Å². The maximum Gasteiger partial charge on any atom is 0.147 e. The van der Waals surface area contributed by atoms with Crippen LogP contribution >= 0.6 is 11.6 Å². The Labute approximate surface area is 92.5 Å². The molecule has 0 aliphatic heterocycles. The Morgan fingerprint density at radius 2 is 2.13 bits per heavy atom. The second kappa shape index (κ2) is 5.42. The summed E-state index contributed by atoms with van der Waals surface area (Å²) in [6, 6.07) is 4.30. The second-order valence-electron chi connectivity index (χ2n) is 3.21. The van der Waals surface area contributed by atoms with Gasteiger partial charge in [-0.1, -0.05) is 23.7 Å². The van der Waals surface area contributed by atoms with Crippen molar-refractivity contribution >= 4 is 11.6 Å². The molecule has 1 aromatic carbocycles. The van der Waals surface area contributed by atoms with Crippen molar-refractivity contribution in [2.45, 2.75) is 12.2 Å². The Morgan fingerprint density at radius 1 is 1.47 bits per heavy atom. The molecule has 0 aromatic heterocycles. The van der Waals surface area contributed by atoms with Crippen LogP contribution in [-0.2, 0) is 0 Å². The van der Waals surface area contributed by atoms with Crippen LogP contribution in [0.15, 0.2) is 18.2 Å². The van der Waals surface area contributed by atoms with Gasteiger partial charge in [0.1, 0.15) is 11.9 Å². The molecule has 0 bridgehead atoms. The monoisotopic (exact) mass is 233 g/mol. The van der Waals surface area contributed by atoms with E-state index in [9.17, 15) is 14.6 Å². The first-order chi connectivity index (χ1) is 7.07. The van der Waals surface area contributed by atoms with E-state index in [4.69, 9.17) is 11.6 Å². The minimum atomic E-state index is -1.28. The fourth-order valence-corrected chi connectivity index (χ4v) is 1.46. The molecule has 0 fully saturated rings. The molecule has 0 spiro atoms. The molecule has 0 amide bonds. The number of likely N-dealkylation sites (N-methyl/N-ethyl adjacent to an activating group) is 1. The zero-order chi connectivity index (χ0) is 11.4. The lowest BCUT2D eigenvalue weighted by molar-refractivity contribution is 0.0181. The molecule has 1 aromatic rings. The quantitative estimate of drug-likeness (QED) is 0.730. The van der Waals surface area contributed by atoms with E-state index in [1.165, 1.54) is 18.2 Å². The second-order valence-corrected chi connectivity index (χ2v) is 3.62. The highest BCUT2D eigenvalue weighted by molar-refractivity contribution is 6.30. The number of nitrogens with one attached hydrogen (secondary N) is 1. The molecule has 0 aliphatic rings. The van der Waals surface area contributed by atoms with Gasteiger partial charge in [-0.2, -0.15) is 0 Å². The molecule has 3 N–H and O–H groups in total. The van der Waals surface area contributed by atoms with Crippen LogP contribution in [0.2, 0.25) is 5.02 Å². The van der Waals surface area contributed by atoms with E-state index in [2.05, 4.69) is 5.32 Å². The van der Waals surface area contributed by atoms with E-state index in [0.717, 1.165) is 0 Å². The largest absolute Gasteiger partial charge is 0.389 e. The van der Waals surface area contributed by atoms with Gasteiger partial charge < -0.3 is 15.5 Å². The van der Waals surface area contributed by atoms with Crippen molar-refractivity contribution in [3.05, 3.63) is 34.6 Å². The Kier molecular flexibility index (Phi) is 4.47. The Morgan fingerprint density at radius 3 is 2.73 bits per heavy atom. The summed E-state index contributed by atoms with van der Waals surface area (Å²) in [5, 5.41) is 21.7. The van der Waals surface area contributed by atoms with Gasteiger partial charge in [-0.15, -0.1) is 0 Å². The summed E-state index contributed by atoms with van der Waals surface area (Å²) in [7, 11) is 1.63. The van der Waals surface area contributed by atoms with E-state index in [1.807, 2.05) is 0 Å². The van der Waals surface area contributed by atoms with Crippen molar-refractivity contribution in [2.24, 2.45) is 0 Å². The van der Waals surface area contributed by atoms with E-state index < -0.39 is 18.0 Å². The highest BCUT2D eigenvalue weighted by Crippen LogP contribution is 2.25. The number of hydrogen-bond donors (Lipinski definition) is 3. The van der Waals surface area contributed by atoms with Gasteiger partial charge in [-0.05, 0) is 13.1 Å². The zero-order valence-corrected chi connectivity index (χ0v) is 9.00. The van der Waals surface area contributed by atoms with Gasteiger partial charge in [-0.3, -0.25) is 0 Å². The Balaban J connectivity index is 2.90. The molecule has 1 rings (SSSR count). The fraction of sp³-hybridized carbons (Fsp3) is 0.400. The first kappa shape index (κ1) is 12.4. The van der Waals surface area contributed by atoms with Gasteiger partial charge in [0.15, 0.2) is 0 Å². The predicted octanol–water partition coefficient (Wildman–Crippen LogP) is 1.09. The molecule has 5 heteroatoms. The van der Waals surface area contributed by atoms with Crippen molar-refractivity contribution in [1.82, 2.24) is 5.32 Å². The lowest BCUT2D eigenvalue weighted by Crippen LogP contribution is -2.30. The highest BCUT2D eigenvalue weighted by Gasteiger charge is 2.21. The third kappa shape index (κ3) is 2.89. The molecule has 2 unspecified atom stereocenters. The van der Waals surface area contributed by atoms with E-state index >= 15 is 0 Å². The van der Waals surface area contributed by atoms with Crippen molar-refractivity contribution in [3.63, 3.8) is 0 Å². The maximum absolute atomic E-state index is 13.4. The van der Waals surface area contributed by atoms with Crippen LogP contribution in [0.1, 0.15) is 11.7 Å². The summed E-state index contributed by atoms with van der Waals surface area (Å²) in [4.78, 5) is 0. The summed E-state index contributed by atoms with van der Waals surface area (Å²) >= 11 is 5.56. The maximum atomic E-state index is 13.4. The third-order valence-electron chi connectivity index (χ3n) is 2.08. The Bertz CT molecular complexity index is 335. The van der Waals surface area contributed by atoms with Crippen molar-refractivity contribution in [1.29, 1.82) is 0 Å². The SMILES string of the molecule is CNCC(O)C(O)c1cccc(Cl)c1F. The molecule has 0 saturated carbocycles. The van der Waals surface area contributed by atoms with Crippen LogP contribution in [0, 0.1) is 5.82 Å². The molecule has 15 heavy (non-hydrogen) atoms. The van der Waals surface area contributed by atoms with Crippen LogP contribution in [0.25, 0.3) is 0 Å². The van der Waals surface area contributed by atoms with E-state index in [-0.39, 0.29) is 17.1 Å². The fourth-order valence-electron chi connectivity index (χ4n) is 1.28. The van der Waals surface area contributed by atoms with Gasteiger partial charge in [0.05, 0.1) is 11.1 Å². The molecule has 0 radical (unpaired) electrons. The molecular weight excluding hydrogens is 221 g/mol. The van der Waals surface area contributed by atoms with Crippen molar-refractivity contribution < 1.29 is 14.6 Å². The summed E-state index contributed by atoms with van der Waals surface area (Å²) in [5.74, 6) is -0.693. The van der Waals surface area contributed by atoms with Crippen LogP contribution in [0.3, 0.4) is 0 Å². The van der Waals surface area contributed by atoms with Crippen molar-refractivity contribution in [3.8, 4) is 0 Å². The van der Waals surface area contributed by atoms with Gasteiger partial charge in [-0.25, -0.2) is 4.39 Å². The zero-order valence-electron chi connectivity index (χ0n) is 8.24. The van der Waals surface area contributed by atoms with Gasteiger partial charge >= 0.3 is 0 Å². The van der Waals surface area contributed by atoms with E-state index in [1.54, 1.807) is 7.05 Å². The number of halogens is 2. The molecule has 0 saturated heterocycles. The predicted molar refractivity (Wildman–Crippen MR) is 56.3 cm³/mol. The van der Waals surface area contributed by atoms with Gasteiger partial charge in [0.2, 0.25) is 0 Å². The molecule has 84 valence electrons. The molecule has 2 atom stereocenters. The smallest absolute Gasteiger partial charge is 0.147 e. The standard InChI is InChI=1S/C10H13ClFNO2/c1-13-5-8(14)10(15)6-3-2-4-7(11)9(6)12/h2-4,8,10,13-15H,5H2,1H3. The van der Waals surface area contributed by atoms with Gasteiger partial charge in [0.25, 0.3) is 0 Å². The minimum Gasteiger partial charge on any atom is -0.389 e. The van der Waals surface area contributed by atoms with Gasteiger partial charge in [0, 0.05) is 12.1 Å². The van der Waals surface area contributed by atoms with Crippen LogP contribution in [0.5, 0.6) is 0 Å². The lowest BCUT2D eigenvalue weighted by Gasteiger charge is -2.18. The Hall–Kier alpha value is -0.680. The first-order valence-electron chi connectivity index (χ1n) is 4.52. The normalized spacial score (nSPS) is 15.0. The number of aliphatic hydroxyl groups is 2. The number of aliphatic hydroxyl groups excluding tert-OH is 2. The summed E-state index contributed by atoms with van der Waals surface area (Å²) in [5.41, 5.74) is 0.00486. The van der Waals surface area contributed by atoms with Crippen molar-refractivity contribution in [2.75, 3.05) is 13.6 Å². The molecule has 0 heterocycles. The summed E-state index contributed by atoms with van der Waals surface area (Å²) < 4.78 is 13.4. The summed E-state index contributed by atoms with van der Waals surface area (Å²) in [6.07, 6.45) is -2.35. The third-order valence-corrected chi connectivity index (χ3v) is 2.37. The number of benzene rings is 1. The highest BCUT2D eigenvalue weighted by atomic mass is 35.5. The number of hydrogen-bond acceptors (Lipinski definition) is 3.